The Labute approximate surface area is 174 Å². The number of rotatable bonds is 5. The number of anilines is 2. The Hall–Kier alpha value is -2.76. The highest BCUT2D eigenvalue weighted by Gasteiger charge is 2.23. The molecule has 154 valence electrons. The van der Waals surface area contributed by atoms with Crippen LogP contribution in [0.15, 0.2) is 53.7 Å². The van der Waals surface area contributed by atoms with Crippen LogP contribution >= 0.6 is 0 Å². The van der Waals surface area contributed by atoms with E-state index in [1.54, 1.807) is 0 Å². The van der Waals surface area contributed by atoms with Crippen molar-refractivity contribution in [2.75, 3.05) is 43.0 Å². The van der Waals surface area contributed by atoms with Gasteiger partial charge >= 0.3 is 0 Å². The van der Waals surface area contributed by atoms with Crippen LogP contribution in [0.25, 0.3) is 0 Å². The fraction of sp³-hybridized carbons (Fsp3) is 0.478. The lowest BCUT2D eigenvalue weighted by Gasteiger charge is -2.28. The number of piperidine rings is 1. The zero-order valence-corrected chi connectivity index (χ0v) is 17.3. The van der Waals surface area contributed by atoms with Crippen LogP contribution in [-0.4, -0.2) is 50.2 Å². The molecule has 1 atom stereocenters. The van der Waals surface area contributed by atoms with Crippen molar-refractivity contribution in [2.24, 2.45) is 4.99 Å². The molecule has 1 unspecified atom stereocenters. The number of aliphatic imine (C=N–C) groups is 1. The third-order valence-corrected chi connectivity index (χ3v) is 5.82. The van der Waals surface area contributed by atoms with E-state index in [2.05, 4.69) is 72.9 Å². The Morgan fingerprint density at radius 2 is 1.90 bits per heavy atom. The summed E-state index contributed by atoms with van der Waals surface area (Å²) in [4.78, 5) is 13.8. The normalized spacial score (nSPS) is 20.0. The zero-order chi connectivity index (χ0) is 19.9. The van der Waals surface area contributed by atoms with Crippen molar-refractivity contribution in [3.05, 3.63) is 54.2 Å². The monoisotopic (exact) mass is 392 g/mol. The van der Waals surface area contributed by atoms with Gasteiger partial charge in [-0.05, 0) is 55.5 Å². The first-order valence-corrected chi connectivity index (χ1v) is 10.8. The van der Waals surface area contributed by atoms with E-state index in [0.717, 1.165) is 50.9 Å². The minimum atomic E-state index is 0.405. The van der Waals surface area contributed by atoms with Gasteiger partial charge in [-0.25, -0.2) is 4.98 Å². The molecule has 2 aromatic rings. The molecule has 0 bridgehead atoms. The third-order valence-electron chi connectivity index (χ3n) is 5.82. The van der Waals surface area contributed by atoms with E-state index >= 15 is 0 Å². The van der Waals surface area contributed by atoms with Gasteiger partial charge in [0.1, 0.15) is 5.82 Å². The number of benzene rings is 1. The van der Waals surface area contributed by atoms with Gasteiger partial charge < -0.3 is 20.4 Å². The van der Waals surface area contributed by atoms with E-state index in [-0.39, 0.29) is 0 Å². The summed E-state index contributed by atoms with van der Waals surface area (Å²) >= 11 is 0. The lowest BCUT2D eigenvalue weighted by molar-refractivity contribution is 0.573. The molecule has 6 heteroatoms. The highest BCUT2D eigenvalue weighted by molar-refractivity contribution is 5.80. The number of pyridine rings is 1. The lowest BCUT2D eigenvalue weighted by Crippen LogP contribution is -2.44. The molecule has 3 heterocycles. The molecule has 2 fully saturated rings. The number of hydrogen-bond donors (Lipinski definition) is 2. The second-order valence-corrected chi connectivity index (χ2v) is 7.91. The Kier molecular flexibility index (Phi) is 6.49. The first-order chi connectivity index (χ1) is 14.3. The van der Waals surface area contributed by atoms with E-state index in [1.165, 1.54) is 30.5 Å². The Morgan fingerprint density at radius 3 is 2.69 bits per heavy atom. The fourth-order valence-corrected chi connectivity index (χ4v) is 4.19. The molecular weight excluding hydrogens is 360 g/mol. The Balaban J connectivity index is 1.29. The van der Waals surface area contributed by atoms with Crippen molar-refractivity contribution >= 4 is 17.5 Å². The van der Waals surface area contributed by atoms with E-state index in [4.69, 9.17) is 0 Å². The topological polar surface area (TPSA) is 55.8 Å². The SMILES string of the molecule is CN=C(NCc1ccnc(N2CCCCC2)c1)NC1CCN(c2ccccc2)C1. The lowest BCUT2D eigenvalue weighted by atomic mass is 10.1. The standard InChI is InChI=1S/C23H32N6/c1-24-23(27-20-11-15-29(18-20)21-8-4-2-5-9-21)26-17-19-10-12-25-22(16-19)28-13-6-3-7-14-28/h2,4-5,8-10,12,16,20H,3,6-7,11,13-15,17-18H2,1H3,(H2,24,26,27). The highest BCUT2D eigenvalue weighted by Crippen LogP contribution is 2.20. The first kappa shape index (κ1) is 19.6. The van der Waals surface area contributed by atoms with Gasteiger partial charge in [-0.3, -0.25) is 4.99 Å². The minimum absolute atomic E-state index is 0.405. The molecule has 2 saturated heterocycles. The van der Waals surface area contributed by atoms with Gasteiger partial charge in [0.25, 0.3) is 0 Å². The van der Waals surface area contributed by atoms with Crippen molar-refractivity contribution in [1.82, 2.24) is 15.6 Å². The maximum absolute atomic E-state index is 4.58. The van der Waals surface area contributed by atoms with Crippen molar-refractivity contribution < 1.29 is 0 Å². The summed E-state index contributed by atoms with van der Waals surface area (Å²) in [6.45, 7) is 5.05. The summed E-state index contributed by atoms with van der Waals surface area (Å²) in [6, 6.07) is 15.3. The molecular formula is C23H32N6. The molecule has 0 saturated carbocycles. The number of hydrogen-bond acceptors (Lipinski definition) is 4. The average Bonchev–Trinajstić information content (AvgIpc) is 3.26. The first-order valence-electron chi connectivity index (χ1n) is 10.8. The molecule has 2 aliphatic heterocycles. The average molecular weight is 393 g/mol. The molecule has 0 amide bonds. The van der Waals surface area contributed by atoms with E-state index < -0.39 is 0 Å². The van der Waals surface area contributed by atoms with Crippen molar-refractivity contribution in [3.8, 4) is 0 Å². The number of nitrogens with zero attached hydrogens (tertiary/aromatic N) is 4. The van der Waals surface area contributed by atoms with E-state index in [1.807, 2.05) is 13.2 Å². The zero-order valence-electron chi connectivity index (χ0n) is 17.3. The quantitative estimate of drug-likeness (QED) is 0.605. The van der Waals surface area contributed by atoms with Crippen molar-refractivity contribution in [1.29, 1.82) is 0 Å². The maximum Gasteiger partial charge on any atom is 0.191 e. The Morgan fingerprint density at radius 1 is 1.07 bits per heavy atom. The number of aromatic nitrogens is 1. The van der Waals surface area contributed by atoms with Crippen LogP contribution in [0.2, 0.25) is 0 Å². The van der Waals surface area contributed by atoms with Gasteiger partial charge in [-0.2, -0.15) is 0 Å². The van der Waals surface area contributed by atoms with Gasteiger partial charge in [0.15, 0.2) is 5.96 Å². The van der Waals surface area contributed by atoms with Gasteiger partial charge in [0, 0.05) is 57.7 Å². The molecule has 2 N–H and O–H groups in total. The predicted molar refractivity (Wildman–Crippen MR) is 121 cm³/mol. The molecule has 29 heavy (non-hydrogen) atoms. The summed E-state index contributed by atoms with van der Waals surface area (Å²) in [5, 5.41) is 7.06. The fourth-order valence-electron chi connectivity index (χ4n) is 4.19. The molecule has 1 aromatic heterocycles. The number of nitrogens with one attached hydrogen (secondary N) is 2. The summed E-state index contributed by atoms with van der Waals surface area (Å²) in [5.41, 5.74) is 2.53. The van der Waals surface area contributed by atoms with Crippen LogP contribution in [0.5, 0.6) is 0 Å². The van der Waals surface area contributed by atoms with Gasteiger partial charge in [0.2, 0.25) is 0 Å². The largest absolute Gasteiger partial charge is 0.369 e. The molecule has 0 radical (unpaired) electrons. The van der Waals surface area contributed by atoms with Gasteiger partial charge in [0.05, 0.1) is 0 Å². The number of para-hydroxylation sites is 1. The van der Waals surface area contributed by atoms with E-state index in [9.17, 15) is 0 Å². The molecule has 1 aromatic carbocycles. The van der Waals surface area contributed by atoms with Crippen LogP contribution in [0.4, 0.5) is 11.5 Å². The molecule has 4 rings (SSSR count). The minimum Gasteiger partial charge on any atom is -0.369 e. The van der Waals surface area contributed by atoms with Crippen LogP contribution in [-0.2, 0) is 6.54 Å². The van der Waals surface area contributed by atoms with Crippen LogP contribution in [0.3, 0.4) is 0 Å². The maximum atomic E-state index is 4.58. The van der Waals surface area contributed by atoms with Gasteiger partial charge in [-0.15, -0.1) is 0 Å². The molecule has 2 aliphatic rings. The molecule has 0 spiro atoms. The second-order valence-electron chi connectivity index (χ2n) is 7.91. The third kappa shape index (κ3) is 5.19. The highest BCUT2D eigenvalue weighted by atomic mass is 15.2. The predicted octanol–water partition coefficient (Wildman–Crippen LogP) is 3.02. The number of guanidine groups is 1. The van der Waals surface area contributed by atoms with Crippen LogP contribution in [0, 0.1) is 0 Å². The van der Waals surface area contributed by atoms with Crippen LogP contribution < -0.4 is 20.4 Å². The van der Waals surface area contributed by atoms with Crippen LogP contribution in [0.1, 0.15) is 31.2 Å². The smallest absolute Gasteiger partial charge is 0.191 e. The van der Waals surface area contributed by atoms with E-state index in [0.29, 0.717) is 6.04 Å². The van der Waals surface area contributed by atoms with Crippen molar-refractivity contribution in [2.45, 2.75) is 38.3 Å². The summed E-state index contributed by atoms with van der Waals surface area (Å²) in [5.74, 6) is 1.96. The van der Waals surface area contributed by atoms with Crippen molar-refractivity contribution in [3.63, 3.8) is 0 Å². The summed E-state index contributed by atoms with van der Waals surface area (Å²) in [6.07, 6.45) is 6.91. The molecule has 0 aliphatic carbocycles. The molecule has 6 nitrogen and oxygen atoms in total. The second kappa shape index (κ2) is 9.63. The Bertz CT molecular complexity index is 800. The van der Waals surface area contributed by atoms with Gasteiger partial charge in [-0.1, -0.05) is 18.2 Å². The summed E-state index contributed by atoms with van der Waals surface area (Å²) < 4.78 is 0. The summed E-state index contributed by atoms with van der Waals surface area (Å²) in [7, 11) is 1.84.